The number of aliphatic hydroxyl groups excluding tert-OH is 2. The van der Waals surface area contributed by atoms with Crippen molar-refractivity contribution in [1.82, 2.24) is 4.90 Å². The highest BCUT2D eigenvalue weighted by Crippen LogP contribution is 2.26. The van der Waals surface area contributed by atoms with E-state index in [1.165, 1.54) is 0 Å². The van der Waals surface area contributed by atoms with Crippen molar-refractivity contribution in [2.75, 3.05) is 19.7 Å². The zero-order valence-electron chi connectivity index (χ0n) is 11.5. The van der Waals surface area contributed by atoms with Crippen LogP contribution < -0.4 is 5.73 Å². The van der Waals surface area contributed by atoms with Crippen LogP contribution in [0.4, 0.5) is 0 Å². The first kappa shape index (κ1) is 14.5. The molecule has 0 bridgehead atoms. The van der Waals surface area contributed by atoms with Crippen LogP contribution in [-0.4, -0.2) is 40.9 Å². The molecule has 0 amide bonds. The van der Waals surface area contributed by atoms with E-state index in [4.69, 9.17) is 5.73 Å². The van der Waals surface area contributed by atoms with Crippen LogP contribution >= 0.6 is 0 Å². The van der Waals surface area contributed by atoms with Crippen LogP contribution in [0.25, 0.3) is 0 Å². The summed E-state index contributed by atoms with van der Waals surface area (Å²) in [5.74, 6) is 0.497. The van der Waals surface area contributed by atoms with Crippen molar-refractivity contribution in [1.29, 1.82) is 0 Å². The Morgan fingerprint density at radius 3 is 2.63 bits per heavy atom. The maximum absolute atomic E-state index is 10.3. The molecule has 2 rings (SSSR count). The Labute approximate surface area is 114 Å². The van der Waals surface area contributed by atoms with E-state index in [1.807, 2.05) is 24.3 Å². The zero-order chi connectivity index (χ0) is 13.8. The molecule has 1 saturated heterocycles. The number of aliphatic hydroxyl groups is 2. The lowest BCUT2D eigenvalue weighted by Crippen LogP contribution is -2.37. The van der Waals surface area contributed by atoms with Crippen molar-refractivity contribution in [3.63, 3.8) is 0 Å². The van der Waals surface area contributed by atoms with E-state index < -0.39 is 6.10 Å². The SMILES string of the molecule is CC1CCN(CC(O)c2ccc(CN)cc2)C1CO. The molecule has 3 unspecified atom stereocenters. The van der Waals surface area contributed by atoms with Crippen LogP contribution in [0.2, 0.25) is 0 Å². The van der Waals surface area contributed by atoms with Crippen molar-refractivity contribution in [3.05, 3.63) is 35.4 Å². The van der Waals surface area contributed by atoms with Gasteiger partial charge in [0.05, 0.1) is 12.7 Å². The lowest BCUT2D eigenvalue weighted by Gasteiger charge is -2.27. The van der Waals surface area contributed by atoms with Gasteiger partial charge in [-0.05, 0) is 30.0 Å². The number of nitrogens with zero attached hydrogens (tertiary/aromatic N) is 1. The maximum Gasteiger partial charge on any atom is 0.0917 e. The molecule has 0 radical (unpaired) electrons. The minimum Gasteiger partial charge on any atom is -0.395 e. The topological polar surface area (TPSA) is 69.7 Å². The number of hydrogen-bond acceptors (Lipinski definition) is 4. The van der Waals surface area contributed by atoms with Gasteiger partial charge in [-0.15, -0.1) is 0 Å². The predicted octanol–water partition coefficient (Wildman–Crippen LogP) is 0.881. The number of likely N-dealkylation sites (tertiary alicyclic amines) is 1. The van der Waals surface area contributed by atoms with E-state index >= 15 is 0 Å². The second-order valence-corrected chi connectivity index (χ2v) is 5.47. The molecular formula is C15H24N2O2. The smallest absolute Gasteiger partial charge is 0.0917 e. The molecule has 1 heterocycles. The molecule has 0 spiro atoms. The Balaban J connectivity index is 1.98. The minimum atomic E-state index is -0.508. The van der Waals surface area contributed by atoms with Gasteiger partial charge in [-0.1, -0.05) is 31.2 Å². The van der Waals surface area contributed by atoms with Gasteiger partial charge in [-0.25, -0.2) is 0 Å². The second kappa shape index (κ2) is 6.48. The van der Waals surface area contributed by atoms with Crippen LogP contribution in [0.15, 0.2) is 24.3 Å². The predicted molar refractivity (Wildman–Crippen MR) is 75.5 cm³/mol. The van der Waals surface area contributed by atoms with Crippen LogP contribution in [0.3, 0.4) is 0 Å². The molecule has 4 N–H and O–H groups in total. The van der Waals surface area contributed by atoms with Gasteiger partial charge in [0.25, 0.3) is 0 Å². The average Bonchev–Trinajstić information content (AvgIpc) is 2.79. The van der Waals surface area contributed by atoms with Crippen LogP contribution in [0.1, 0.15) is 30.6 Å². The zero-order valence-corrected chi connectivity index (χ0v) is 11.5. The number of benzene rings is 1. The standard InChI is InChI=1S/C15H24N2O2/c1-11-6-7-17(14(11)10-18)9-15(19)13-4-2-12(8-16)3-5-13/h2-5,11,14-15,18-19H,6-10,16H2,1H3. The largest absolute Gasteiger partial charge is 0.395 e. The molecule has 4 heteroatoms. The van der Waals surface area contributed by atoms with Gasteiger partial charge in [0.2, 0.25) is 0 Å². The van der Waals surface area contributed by atoms with Crippen LogP contribution in [0, 0.1) is 5.92 Å². The second-order valence-electron chi connectivity index (χ2n) is 5.47. The first-order valence-corrected chi connectivity index (χ1v) is 6.97. The molecule has 1 aromatic rings. The molecule has 3 atom stereocenters. The van der Waals surface area contributed by atoms with E-state index in [9.17, 15) is 10.2 Å². The fourth-order valence-corrected chi connectivity index (χ4v) is 2.81. The normalized spacial score (nSPS) is 25.7. The highest BCUT2D eigenvalue weighted by Gasteiger charge is 2.31. The maximum atomic E-state index is 10.3. The third-order valence-electron chi connectivity index (χ3n) is 4.19. The molecule has 0 aromatic heterocycles. The Morgan fingerprint density at radius 1 is 1.37 bits per heavy atom. The van der Waals surface area contributed by atoms with E-state index in [0.717, 1.165) is 24.1 Å². The van der Waals surface area contributed by atoms with Gasteiger partial charge < -0.3 is 15.9 Å². The molecule has 4 nitrogen and oxygen atoms in total. The van der Waals surface area contributed by atoms with Crippen molar-refractivity contribution < 1.29 is 10.2 Å². The lowest BCUT2D eigenvalue weighted by molar-refractivity contribution is 0.0763. The van der Waals surface area contributed by atoms with Crippen LogP contribution in [0.5, 0.6) is 0 Å². The Bertz CT molecular complexity index is 394. The summed E-state index contributed by atoms with van der Waals surface area (Å²) < 4.78 is 0. The summed E-state index contributed by atoms with van der Waals surface area (Å²) in [6.45, 7) is 4.37. The number of hydrogen-bond donors (Lipinski definition) is 3. The summed E-state index contributed by atoms with van der Waals surface area (Å²) in [5, 5.41) is 19.7. The van der Waals surface area contributed by atoms with Gasteiger partial charge in [-0.2, -0.15) is 0 Å². The Hall–Kier alpha value is -0.940. The van der Waals surface area contributed by atoms with E-state index in [0.29, 0.717) is 19.0 Å². The van der Waals surface area contributed by atoms with Gasteiger partial charge >= 0.3 is 0 Å². The summed E-state index contributed by atoms with van der Waals surface area (Å²) in [4.78, 5) is 2.19. The summed E-state index contributed by atoms with van der Waals surface area (Å²) in [6.07, 6.45) is 0.579. The molecule has 0 aliphatic carbocycles. The average molecular weight is 264 g/mol. The number of rotatable bonds is 5. The van der Waals surface area contributed by atoms with Crippen molar-refractivity contribution in [2.24, 2.45) is 11.7 Å². The van der Waals surface area contributed by atoms with E-state index in [2.05, 4.69) is 11.8 Å². The quantitative estimate of drug-likeness (QED) is 0.738. The highest BCUT2D eigenvalue weighted by molar-refractivity contribution is 5.24. The van der Waals surface area contributed by atoms with Crippen molar-refractivity contribution in [2.45, 2.75) is 32.0 Å². The molecule has 1 fully saturated rings. The molecule has 1 aliphatic rings. The molecular weight excluding hydrogens is 240 g/mol. The summed E-state index contributed by atoms with van der Waals surface area (Å²) in [5.41, 5.74) is 7.54. The first-order chi connectivity index (χ1) is 9.15. The first-order valence-electron chi connectivity index (χ1n) is 6.97. The number of β-amino-alcohol motifs (C(OH)–C–C–N with tert-alkyl or cyclic N) is 1. The van der Waals surface area contributed by atoms with E-state index in [1.54, 1.807) is 0 Å². The molecule has 19 heavy (non-hydrogen) atoms. The van der Waals surface area contributed by atoms with Gasteiger partial charge in [0.15, 0.2) is 0 Å². The summed E-state index contributed by atoms with van der Waals surface area (Å²) in [7, 11) is 0. The number of nitrogens with two attached hydrogens (primary N) is 1. The summed E-state index contributed by atoms with van der Waals surface area (Å²) in [6, 6.07) is 7.95. The minimum absolute atomic E-state index is 0.167. The Kier molecular flexibility index (Phi) is 4.93. The molecule has 0 saturated carbocycles. The lowest BCUT2D eigenvalue weighted by atomic mass is 10.0. The molecule has 1 aromatic carbocycles. The van der Waals surface area contributed by atoms with E-state index in [-0.39, 0.29) is 12.6 Å². The van der Waals surface area contributed by atoms with Gasteiger partial charge in [0.1, 0.15) is 0 Å². The van der Waals surface area contributed by atoms with Crippen LogP contribution in [-0.2, 0) is 6.54 Å². The van der Waals surface area contributed by atoms with Crippen molar-refractivity contribution in [3.8, 4) is 0 Å². The fraction of sp³-hybridized carbons (Fsp3) is 0.600. The monoisotopic (exact) mass is 264 g/mol. The third-order valence-corrected chi connectivity index (χ3v) is 4.19. The highest BCUT2D eigenvalue weighted by atomic mass is 16.3. The Morgan fingerprint density at radius 2 is 2.05 bits per heavy atom. The van der Waals surface area contributed by atoms with Gasteiger partial charge in [-0.3, -0.25) is 4.90 Å². The third kappa shape index (κ3) is 3.34. The molecule has 1 aliphatic heterocycles. The van der Waals surface area contributed by atoms with Gasteiger partial charge in [0, 0.05) is 19.1 Å². The van der Waals surface area contributed by atoms with Crippen molar-refractivity contribution >= 4 is 0 Å². The molecule has 106 valence electrons. The summed E-state index contributed by atoms with van der Waals surface area (Å²) >= 11 is 0. The fourth-order valence-electron chi connectivity index (χ4n) is 2.81.